The quantitative estimate of drug-likeness (QED) is 0.585. The maximum absolute atomic E-state index is 10.2. The second-order valence-corrected chi connectivity index (χ2v) is 2.65. The van der Waals surface area contributed by atoms with Gasteiger partial charge in [0.25, 0.3) is 0 Å². The van der Waals surface area contributed by atoms with Crippen LogP contribution in [0.4, 0.5) is 0 Å². The molecule has 0 aromatic heterocycles. The van der Waals surface area contributed by atoms with Crippen molar-refractivity contribution < 1.29 is 15.0 Å². The van der Waals surface area contributed by atoms with E-state index in [2.05, 4.69) is 0 Å². The third-order valence-electron chi connectivity index (χ3n) is 1.40. The number of carbonyl (C=O) groups is 1. The maximum atomic E-state index is 10.2. The lowest BCUT2D eigenvalue weighted by Crippen LogP contribution is -2.32. The van der Waals surface area contributed by atoms with E-state index in [1.807, 2.05) is 6.92 Å². The highest BCUT2D eigenvalue weighted by molar-refractivity contribution is 5.68. The van der Waals surface area contributed by atoms with Crippen LogP contribution in [0.5, 0.6) is 0 Å². The number of likely N-dealkylation sites (N-methyl/N-ethyl adjacent to an activating group) is 1. The summed E-state index contributed by atoms with van der Waals surface area (Å²) in [5.41, 5.74) is 0. The van der Waals surface area contributed by atoms with Crippen LogP contribution in [-0.4, -0.2) is 47.3 Å². The molecule has 11 heavy (non-hydrogen) atoms. The van der Waals surface area contributed by atoms with Crippen molar-refractivity contribution in [2.45, 2.75) is 19.4 Å². The summed E-state index contributed by atoms with van der Waals surface area (Å²) >= 11 is 0. The van der Waals surface area contributed by atoms with Gasteiger partial charge in [-0.1, -0.05) is 6.92 Å². The van der Waals surface area contributed by atoms with Crippen molar-refractivity contribution >= 4 is 5.97 Å². The second kappa shape index (κ2) is 5.09. The molecule has 0 aliphatic carbocycles. The van der Waals surface area contributed by atoms with Crippen LogP contribution in [0.15, 0.2) is 0 Å². The first-order valence-corrected chi connectivity index (χ1v) is 3.64. The molecule has 0 aromatic rings. The molecule has 2 N–H and O–H groups in total. The van der Waals surface area contributed by atoms with Gasteiger partial charge >= 0.3 is 5.97 Å². The first-order chi connectivity index (χ1) is 5.06. The number of hydrogen-bond donors (Lipinski definition) is 2. The number of carboxylic acid groups (broad SMARTS) is 1. The van der Waals surface area contributed by atoms with Crippen molar-refractivity contribution in [3.63, 3.8) is 0 Å². The minimum Gasteiger partial charge on any atom is -0.480 e. The molecule has 0 rings (SSSR count). The van der Waals surface area contributed by atoms with Crippen LogP contribution in [0.25, 0.3) is 0 Å². The highest BCUT2D eigenvalue weighted by Gasteiger charge is 2.08. The van der Waals surface area contributed by atoms with Gasteiger partial charge in [0.2, 0.25) is 0 Å². The Labute approximate surface area is 66.4 Å². The summed E-state index contributed by atoms with van der Waals surface area (Å²) < 4.78 is 0. The number of nitrogens with zero attached hydrogens (tertiary/aromatic N) is 1. The van der Waals surface area contributed by atoms with Crippen molar-refractivity contribution in [1.82, 2.24) is 4.90 Å². The standard InChI is InChI=1S/C7H15NO3/c1-3-6(9)4-8(2)5-7(10)11/h6,9H,3-5H2,1-2H3,(H,10,11). The molecule has 0 amide bonds. The average molecular weight is 161 g/mol. The predicted octanol–water partition coefficient (Wildman–Crippen LogP) is -0.226. The second-order valence-electron chi connectivity index (χ2n) is 2.65. The van der Waals surface area contributed by atoms with Gasteiger partial charge in [0.05, 0.1) is 12.6 Å². The Kier molecular flexibility index (Phi) is 4.81. The lowest BCUT2D eigenvalue weighted by molar-refractivity contribution is -0.138. The molecular formula is C7H15NO3. The molecule has 4 nitrogen and oxygen atoms in total. The van der Waals surface area contributed by atoms with E-state index in [1.54, 1.807) is 11.9 Å². The third kappa shape index (κ3) is 5.82. The fourth-order valence-electron chi connectivity index (χ4n) is 0.784. The van der Waals surface area contributed by atoms with Crippen LogP contribution in [-0.2, 0) is 4.79 Å². The molecule has 0 aliphatic heterocycles. The van der Waals surface area contributed by atoms with Crippen LogP contribution in [0.3, 0.4) is 0 Å². The molecule has 0 heterocycles. The molecule has 0 spiro atoms. The molecule has 0 aromatic carbocycles. The normalized spacial score (nSPS) is 13.5. The lowest BCUT2D eigenvalue weighted by Gasteiger charge is -2.16. The largest absolute Gasteiger partial charge is 0.480 e. The molecule has 1 atom stereocenters. The minimum absolute atomic E-state index is 0.0168. The highest BCUT2D eigenvalue weighted by atomic mass is 16.4. The van der Waals surface area contributed by atoms with E-state index in [0.717, 1.165) is 0 Å². The molecule has 0 bridgehead atoms. The highest BCUT2D eigenvalue weighted by Crippen LogP contribution is 1.92. The van der Waals surface area contributed by atoms with E-state index in [9.17, 15) is 4.79 Å². The van der Waals surface area contributed by atoms with Gasteiger partial charge in [-0.15, -0.1) is 0 Å². The Morgan fingerprint density at radius 1 is 1.64 bits per heavy atom. The van der Waals surface area contributed by atoms with E-state index in [4.69, 9.17) is 10.2 Å². The van der Waals surface area contributed by atoms with Gasteiger partial charge in [0.1, 0.15) is 0 Å². The van der Waals surface area contributed by atoms with Crippen LogP contribution >= 0.6 is 0 Å². The van der Waals surface area contributed by atoms with Crippen LogP contribution < -0.4 is 0 Å². The molecule has 0 fully saturated rings. The summed E-state index contributed by atoms with van der Waals surface area (Å²) in [7, 11) is 1.67. The number of aliphatic hydroxyl groups excluding tert-OH is 1. The summed E-state index contributed by atoms with van der Waals surface area (Å²) in [6.45, 7) is 2.26. The molecule has 0 radical (unpaired) electrons. The van der Waals surface area contributed by atoms with Crippen molar-refractivity contribution in [2.75, 3.05) is 20.1 Å². The Morgan fingerprint density at radius 2 is 2.18 bits per heavy atom. The van der Waals surface area contributed by atoms with Gasteiger partial charge in [-0.2, -0.15) is 0 Å². The van der Waals surface area contributed by atoms with Gasteiger partial charge < -0.3 is 10.2 Å². The fraction of sp³-hybridized carbons (Fsp3) is 0.857. The first-order valence-electron chi connectivity index (χ1n) is 3.64. The van der Waals surface area contributed by atoms with Gasteiger partial charge in [-0.25, -0.2) is 0 Å². The van der Waals surface area contributed by atoms with Gasteiger partial charge in [0, 0.05) is 6.54 Å². The third-order valence-corrected chi connectivity index (χ3v) is 1.40. The van der Waals surface area contributed by atoms with Crippen molar-refractivity contribution in [2.24, 2.45) is 0 Å². The van der Waals surface area contributed by atoms with Crippen molar-refractivity contribution in [3.05, 3.63) is 0 Å². The molecule has 66 valence electrons. The minimum atomic E-state index is -0.865. The van der Waals surface area contributed by atoms with Crippen LogP contribution in [0.1, 0.15) is 13.3 Å². The fourth-order valence-corrected chi connectivity index (χ4v) is 0.784. The van der Waals surface area contributed by atoms with E-state index < -0.39 is 12.1 Å². The Bertz CT molecular complexity index is 127. The zero-order valence-electron chi connectivity index (χ0n) is 6.95. The Hall–Kier alpha value is -0.610. The van der Waals surface area contributed by atoms with E-state index in [1.165, 1.54) is 0 Å². The van der Waals surface area contributed by atoms with Crippen LogP contribution in [0, 0.1) is 0 Å². The number of hydrogen-bond acceptors (Lipinski definition) is 3. The Morgan fingerprint density at radius 3 is 2.55 bits per heavy atom. The number of aliphatic hydroxyl groups is 1. The molecule has 4 heteroatoms. The van der Waals surface area contributed by atoms with Gasteiger partial charge in [-0.05, 0) is 13.5 Å². The van der Waals surface area contributed by atoms with E-state index in [-0.39, 0.29) is 6.54 Å². The molecule has 0 aliphatic rings. The SMILES string of the molecule is CCC(O)CN(C)CC(=O)O. The summed E-state index contributed by atoms with van der Waals surface area (Å²) in [6.07, 6.45) is 0.239. The maximum Gasteiger partial charge on any atom is 0.317 e. The lowest BCUT2D eigenvalue weighted by atomic mass is 10.2. The molecule has 0 saturated carbocycles. The number of carboxylic acids is 1. The predicted molar refractivity (Wildman–Crippen MR) is 41.4 cm³/mol. The molecular weight excluding hydrogens is 146 g/mol. The van der Waals surface area contributed by atoms with Gasteiger partial charge in [-0.3, -0.25) is 9.69 Å². The molecule has 1 unspecified atom stereocenters. The average Bonchev–Trinajstić information content (AvgIpc) is 1.85. The zero-order valence-corrected chi connectivity index (χ0v) is 6.95. The Balaban J connectivity index is 3.51. The van der Waals surface area contributed by atoms with E-state index >= 15 is 0 Å². The van der Waals surface area contributed by atoms with Crippen molar-refractivity contribution in [1.29, 1.82) is 0 Å². The first kappa shape index (κ1) is 10.4. The van der Waals surface area contributed by atoms with Gasteiger partial charge in [0.15, 0.2) is 0 Å². The van der Waals surface area contributed by atoms with E-state index in [0.29, 0.717) is 13.0 Å². The molecule has 0 saturated heterocycles. The van der Waals surface area contributed by atoms with Crippen molar-refractivity contribution in [3.8, 4) is 0 Å². The zero-order chi connectivity index (χ0) is 8.85. The smallest absolute Gasteiger partial charge is 0.317 e. The summed E-state index contributed by atoms with van der Waals surface area (Å²) in [5, 5.41) is 17.5. The summed E-state index contributed by atoms with van der Waals surface area (Å²) in [4.78, 5) is 11.7. The monoisotopic (exact) mass is 161 g/mol. The number of rotatable bonds is 5. The number of aliphatic carboxylic acids is 1. The summed E-state index contributed by atoms with van der Waals surface area (Å²) in [6, 6.07) is 0. The summed E-state index contributed by atoms with van der Waals surface area (Å²) in [5.74, 6) is -0.865. The topological polar surface area (TPSA) is 60.8 Å². The van der Waals surface area contributed by atoms with Crippen LogP contribution in [0.2, 0.25) is 0 Å².